The van der Waals surface area contributed by atoms with Crippen molar-refractivity contribution in [2.24, 2.45) is 0 Å². The molecule has 2 atom stereocenters. The Bertz CT molecular complexity index is 440. The lowest BCUT2D eigenvalue weighted by atomic mass is 10.1. The standard InChI is InChI=1S/C14H16ClNO2/c15-11-6-4-10(5-7-11)12-13(18-12)14(17)16-8-2-1-3-9-16/h4-7,12-13H,1-3,8-9H2/t12-,13+/m0/s1. The van der Waals surface area contributed by atoms with Gasteiger partial charge in [-0.2, -0.15) is 0 Å². The number of hydrogen-bond donors (Lipinski definition) is 0. The molecule has 0 unspecified atom stereocenters. The molecule has 0 radical (unpaired) electrons. The zero-order valence-electron chi connectivity index (χ0n) is 10.1. The summed E-state index contributed by atoms with van der Waals surface area (Å²) in [7, 11) is 0. The summed E-state index contributed by atoms with van der Waals surface area (Å²) in [5.41, 5.74) is 1.04. The summed E-state index contributed by atoms with van der Waals surface area (Å²) in [6.45, 7) is 1.76. The number of likely N-dealkylation sites (tertiary alicyclic amines) is 1. The lowest BCUT2D eigenvalue weighted by Crippen LogP contribution is -2.38. The van der Waals surface area contributed by atoms with Crippen molar-refractivity contribution in [2.45, 2.75) is 31.5 Å². The molecule has 1 aromatic carbocycles. The number of amides is 1. The molecule has 1 aromatic rings. The van der Waals surface area contributed by atoms with Crippen LogP contribution in [0, 0.1) is 0 Å². The first kappa shape index (κ1) is 12.0. The van der Waals surface area contributed by atoms with Crippen LogP contribution in [0.3, 0.4) is 0 Å². The van der Waals surface area contributed by atoms with Gasteiger partial charge < -0.3 is 9.64 Å². The minimum Gasteiger partial charge on any atom is -0.354 e. The van der Waals surface area contributed by atoms with Crippen LogP contribution in [0.1, 0.15) is 30.9 Å². The van der Waals surface area contributed by atoms with Gasteiger partial charge in [-0.05, 0) is 37.0 Å². The molecular weight excluding hydrogens is 250 g/mol. The van der Waals surface area contributed by atoms with Gasteiger partial charge in [0.05, 0.1) is 0 Å². The zero-order valence-corrected chi connectivity index (χ0v) is 10.9. The van der Waals surface area contributed by atoms with Crippen LogP contribution in [0.2, 0.25) is 5.02 Å². The van der Waals surface area contributed by atoms with E-state index < -0.39 is 0 Å². The van der Waals surface area contributed by atoms with E-state index in [-0.39, 0.29) is 18.1 Å². The van der Waals surface area contributed by atoms with Crippen molar-refractivity contribution >= 4 is 17.5 Å². The molecule has 2 fully saturated rings. The first-order valence-electron chi connectivity index (χ1n) is 6.45. The number of piperidine rings is 1. The van der Waals surface area contributed by atoms with E-state index in [9.17, 15) is 4.79 Å². The highest BCUT2D eigenvalue weighted by molar-refractivity contribution is 6.30. The summed E-state index contributed by atoms with van der Waals surface area (Å²) in [6, 6.07) is 7.52. The van der Waals surface area contributed by atoms with Crippen molar-refractivity contribution in [1.82, 2.24) is 4.90 Å². The number of ether oxygens (including phenoxy) is 1. The molecule has 3 rings (SSSR count). The minimum absolute atomic E-state index is 0.0725. The summed E-state index contributed by atoms with van der Waals surface area (Å²) < 4.78 is 5.52. The fourth-order valence-electron chi connectivity index (χ4n) is 2.50. The first-order chi connectivity index (χ1) is 8.75. The number of epoxide rings is 1. The van der Waals surface area contributed by atoms with Gasteiger partial charge in [0.1, 0.15) is 6.10 Å². The first-order valence-corrected chi connectivity index (χ1v) is 6.83. The van der Waals surface area contributed by atoms with E-state index in [2.05, 4.69) is 0 Å². The average Bonchev–Trinajstić information content (AvgIpc) is 3.20. The molecule has 2 heterocycles. The molecule has 3 nitrogen and oxygen atoms in total. The van der Waals surface area contributed by atoms with Gasteiger partial charge in [0.25, 0.3) is 5.91 Å². The molecule has 2 aliphatic heterocycles. The van der Waals surface area contributed by atoms with Crippen LogP contribution in [-0.2, 0) is 9.53 Å². The van der Waals surface area contributed by atoms with Crippen molar-refractivity contribution in [2.75, 3.05) is 13.1 Å². The molecule has 0 N–H and O–H groups in total. The largest absolute Gasteiger partial charge is 0.354 e. The quantitative estimate of drug-likeness (QED) is 0.771. The SMILES string of the molecule is O=C([C@@H]1O[C@H]1c1ccc(Cl)cc1)N1CCCCC1. The van der Waals surface area contributed by atoms with E-state index in [1.807, 2.05) is 29.2 Å². The van der Waals surface area contributed by atoms with Crippen molar-refractivity contribution in [3.63, 3.8) is 0 Å². The monoisotopic (exact) mass is 265 g/mol. The predicted octanol–water partition coefficient (Wildman–Crippen LogP) is 2.79. The molecule has 0 saturated carbocycles. The van der Waals surface area contributed by atoms with E-state index in [1.165, 1.54) is 6.42 Å². The normalized spacial score (nSPS) is 27.1. The summed E-state index contributed by atoms with van der Waals surface area (Å²) in [6.07, 6.45) is 3.12. The third-order valence-electron chi connectivity index (χ3n) is 3.60. The van der Waals surface area contributed by atoms with Crippen molar-refractivity contribution in [3.05, 3.63) is 34.9 Å². The number of hydrogen-bond acceptors (Lipinski definition) is 2. The fourth-order valence-corrected chi connectivity index (χ4v) is 2.63. The van der Waals surface area contributed by atoms with Gasteiger partial charge in [-0.25, -0.2) is 0 Å². The van der Waals surface area contributed by atoms with Gasteiger partial charge in [-0.1, -0.05) is 23.7 Å². The molecule has 0 spiro atoms. The van der Waals surface area contributed by atoms with Gasteiger partial charge in [0, 0.05) is 18.1 Å². The van der Waals surface area contributed by atoms with Crippen molar-refractivity contribution < 1.29 is 9.53 Å². The molecule has 2 aliphatic rings. The van der Waals surface area contributed by atoms with Gasteiger partial charge in [-0.3, -0.25) is 4.79 Å². The molecular formula is C14H16ClNO2. The Kier molecular flexibility index (Phi) is 3.27. The lowest BCUT2D eigenvalue weighted by Gasteiger charge is -2.26. The van der Waals surface area contributed by atoms with Crippen LogP contribution in [0.4, 0.5) is 0 Å². The van der Waals surface area contributed by atoms with Crippen LogP contribution in [0.5, 0.6) is 0 Å². The Morgan fingerprint density at radius 2 is 1.83 bits per heavy atom. The van der Waals surface area contributed by atoms with E-state index in [0.717, 1.165) is 31.5 Å². The summed E-state index contributed by atoms with van der Waals surface area (Å²) in [4.78, 5) is 14.1. The van der Waals surface area contributed by atoms with E-state index >= 15 is 0 Å². The number of carbonyl (C=O) groups excluding carboxylic acids is 1. The van der Waals surface area contributed by atoms with Gasteiger partial charge in [0.2, 0.25) is 0 Å². The average molecular weight is 266 g/mol. The van der Waals surface area contributed by atoms with Crippen molar-refractivity contribution in [1.29, 1.82) is 0 Å². The summed E-state index contributed by atoms with van der Waals surface area (Å²) >= 11 is 5.84. The lowest BCUT2D eigenvalue weighted by molar-refractivity contribution is -0.133. The Morgan fingerprint density at radius 1 is 1.17 bits per heavy atom. The number of nitrogens with zero attached hydrogens (tertiary/aromatic N) is 1. The van der Waals surface area contributed by atoms with Crippen LogP contribution < -0.4 is 0 Å². The molecule has 96 valence electrons. The highest BCUT2D eigenvalue weighted by Gasteiger charge is 2.47. The van der Waals surface area contributed by atoms with Gasteiger partial charge in [0.15, 0.2) is 6.10 Å². The Hall–Kier alpha value is -1.06. The third kappa shape index (κ3) is 2.38. The van der Waals surface area contributed by atoms with E-state index in [4.69, 9.17) is 16.3 Å². The predicted molar refractivity (Wildman–Crippen MR) is 69.5 cm³/mol. The fraction of sp³-hybridized carbons (Fsp3) is 0.500. The van der Waals surface area contributed by atoms with Gasteiger partial charge >= 0.3 is 0 Å². The maximum atomic E-state index is 12.2. The van der Waals surface area contributed by atoms with Gasteiger partial charge in [-0.15, -0.1) is 0 Å². The maximum absolute atomic E-state index is 12.2. The number of rotatable bonds is 2. The Morgan fingerprint density at radius 3 is 2.50 bits per heavy atom. The molecule has 0 aromatic heterocycles. The molecule has 1 amide bonds. The molecule has 0 bridgehead atoms. The van der Waals surface area contributed by atoms with Crippen LogP contribution >= 0.6 is 11.6 Å². The molecule has 4 heteroatoms. The summed E-state index contributed by atoms with van der Waals surface area (Å²) in [5, 5.41) is 0.707. The zero-order chi connectivity index (χ0) is 12.5. The number of carbonyl (C=O) groups is 1. The minimum atomic E-state index is -0.274. The summed E-state index contributed by atoms with van der Waals surface area (Å²) in [5.74, 6) is 0.148. The molecule has 2 saturated heterocycles. The topological polar surface area (TPSA) is 32.8 Å². The second-order valence-electron chi connectivity index (χ2n) is 4.91. The Labute approximate surface area is 112 Å². The smallest absolute Gasteiger partial charge is 0.254 e. The van der Waals surface area contributed by atoms with E-state index in [1.54, 1.807) is 0 Å². The number of benzene rings is 1. The second-order valence-corrected chi connectivity index (χ2v) is 5.35. The Balaban J connectivity index is 1.63. The third-order valence-corrected chi connectivity index (χ3v) is 3.85. The second kappa shape index (κ2) is 4.90. The number of halogens is 1. The highest BCUT2D eigenvalue weighted by Crippen LogP contribution is 2.40. The highest BCUT2D eigenvalue weighted by atomic mass is 35.5. The van der Waals surface area contributed by atoms with Crippen LogP contribution in [-0.4, -0.2) is 30.0 Å². The molecule has 18 heavy (non-hydrogen) atoms. The van der Waals surface area contributed by atoms with Crippen LogP contribution in [0.25, 0.3) is 0 Å². The van der Waals surface area contributed by atoms with E-state index in [0.29, 0.717) is 5.02 Å². The maximum Gasteiger partial charge on any atom is 0.254 e. The van der Waals surface area contributed by atoms with Crippen LogP contribution in [0.15, 0.2) is 24.3 Å². The molecule has 0 aliphatic carbocycles. The van der Waals surface area contributed by atoms with Crippen molar-refractivity contribution in [3.8, 4) is 0 Å².